The standard InChI is InChI=1S/C12H13F3O2/c1-11(2,3)8-4-7(6-16)10(17)9(5-8)12(13,14)15/h4-6,17H,1-3H3. The van der Waals surface area contributed by atoms with Crippen molar-refractivity contribution in [1.29, 1.82) is 0 Å². The Morgan fingerprint density at radius 1 is 1.18 bits per heavy atom. The lowest BCUT2D eigenvalue weighted by atomic mass is 9.84. The molecule has 0 fully saturated rings. The van der Waals surface area contributed by atoms with Gasteiger partial charge in [-0.15, -0.1) is 0 Å². The number of phenols is 1. The molecule has 0 aliphatic heterocycles. The highest BCUT2D eigenvalue weighted by Gasteiger charge is 2.36. The van der Waals surface area contributed by atoms with E-state index in [1.54, 1.807) is 20.8 Å². The van der Waals surface area contributed by atoms with Gasteiger partial charge in [-0.3, -0.25) is 4.79 Å². The lowest BCUT2D eigenvalue weighted by Gasteiger charge is -2.22. The van der Waals surface area contributed by atoms with Gasteiger partial charge in [0.25, 0.3) is 0 Å². The summed E-state index contributed by atoms with van der Waals surface area (Å²) in [5, 5.41) is 9.36. The molecule has 1 rings (SSSR count). The largest absolute Gasteiger partial charge is 0.507 e. The van der Waals surface area contributed by atoms with Crippen molar-refractivity contribution in [1.82, 2.24) is 0 Å². The van der Waals surface area contributed by atoms with Crippen molar-refractivity contribution in [3.05, 3.63) is 28.8 Å². The van der Waals surface area contributed by atoms with Gasteiger partial charge in [0.2, 0.25) is 0 Å². The Kier molecular flexibility index (Phi) is 3.23. The third-order valence-corrected chi connectivity index (χ3v) is 2.44. The Hall–Kier alpha value is -1.52. The number of aromatic hydroxyl groups is 1. The third-order valence-electron chi connectivity index (χ3n) is 2.44. The molecule has 1 N–H and O–H groups in total. The first-order valence-electron chi connectivity index (χ1n) is 4.97. The highest BCUT2D eigenvalue weighted by molar-refractivity contribution is 5.80. The van der Waals surface area contributed by atoms with E-state index >= 15 is 0 Å². The normalized spacial score (nSPS) is 12.6. The molecule has 94 valence electrons. The lowest BCUT2D eigenvalue weighted by Crippen LogP contribution is -2.15. The Bertz CT molecular complexity index is 442. The van der Waals surface area contributed by atoms with Crippen LogP contribution in [0, 0.1) is 0 Å². The minimum atomic E-state index is -4.68. The molecule has 0 radical (unpaired) electrons. The first-order chi connectivity index (χ1) is 7.57. The molecule has 5 heteroatoms. The smallest absolute Gasteiger partial charge is 0.419 e. The van der Waals surface area contributed by atoms with Gasteiger partial charge < -0.3 is 5.11 Å². The molecule has 0 amide bonds. The molecule has 2 nitrogen and oxygen atoms in total. The molecule has 0 saturated heterocycles. The molecule has 0 bridgehead atoms. The summed E-state index contributed by atoms with van der Waals surface area (Å²) in [5.41, 5.74) is -1.70. The molecule has 0 spiro atoms. The van der Waals surface area contributed by atoms with E-state index in [-0.39, 0.29) is 11.8 Å². The number of rotatable bonds is 1. The minimum Gasteiger partial charge on any atom is -0.507 e. The van der Waals surface area contributed by atoms with Gasteiger partial charge in [-0.2, -0.15) is 13.2 Å². The zero-order chi connectivity index (χ0) is 13.4. The van der Waals surface area contributed by atoms with Crippen molar-refractivity contribution in [2.45, 2.75) is 32.4 Å². The van der Waals surface area contributed by atoms with E-state index in [1.807, 2.05) is 0 Å². The molecule has 0 atom stereocenters. The van der Waals surface area contributed by atoms with Crippen LogP contribution in [-0.2, 0) is 11.6 Å². The predicted octanol–water partition coefficient (Wildman–Crippen LogP) is 3.52. The van der Waals surface area contributed by atoms with E-state index < -0.39 is 22.9 Å². The zero-order valence-electron chi connectivity index (χ0n) is 9.72. The Labute approximate surface area is 97.1 Å². The number of aldehydes is 1. The average molecular weight is 246 g/mol. The average Bonchev–Trinajstić information content (AvgIpc) is 2.14. The van der Waals surface area contributed by atoms with Gasteiger partial charge in [-0.05, 0) is 23.1 Å². The molecular weight excluding hydrogens is 233 g/mol. The van der Waals surface area contributed by atoms with Crippen LogP contribution in [0.4, 0.5) is 13.2 Å². The Morgan fingerprint density at radius 3 is 2.06 bits per heavy atom. The van der Waals surface area contributed by atoms with Crippen molar-refractivity contribution in [3.8, 4) is 5.75 Å². The van der Waals surface area contributed by atoms with Crippen molar-refractivity contribution in [2.75, 3.05) is 0 Å². The van der Waals surface area contributed by atoms with Crippen LogP contribution in [-0.4, -0.2) is 11.4 Å². The summed E-state index contributed by atoms with van der Waals surface area (Å²) >= 11 is 0. The van der Waals surface area contributed by atoms with E-state index in [2.05, 4.69) is 0 Å². The number of hydrogen-bond acceptors (Lipinski definition) is 2. The predicted molar refractivity (Wildman–Crippen MR) is 57.2 cm³/mol. The summed E-state index contributed by atoms with van der Waals surface area (Å²) in [6.45, 7) is 5.19. The van der Waals surface area contributed by atoms with E-state index in [4.69, 9.17) is 0 Å². The van der Waals surface area contributed by atoms with Crippen LogP contribution in [0.2, 0.25) is 0 Å². The van der Waals surface area contributed by atoms with Crippen LogP contribution in [0.3, 0.4) is 0 Å². The maximum Gasteiger partial charge on any atom is 0.419 e. The number of phenolic OH excluding ortho intramolecular Hbond substituents is 1. The van der Waals surface area contributed by atoms with Gasteiger partial charge in [0.1, 0.15) is 5.75 Å². The van der Waals surface area contributed by atoms with Crippen LogP contribution >= 0.6 is 0 Å². The van der Waals surface area contributed by atoms with Crippen LogP contribution in [0.1, 0.15) is 42.3 Å². The number of benzene rings is 1. The molecule has 17 heavy (non-hydrogen) atoms. The fourth-order valence-corrected chi connectivity index (χ4v) is 1.40. The van der Waals surface area contributed by atoms with Gasteiger partial charge in [-0.1, -0.05) is 20.8 Å². The molecule has 1 aromatic rings. The quantitative estimate of drug-likeness (QED) is 0.770. The second-order valence-corrected chi connectivity index (χ2v) is 4.83. The Balaban J connectivity index is 3.56. The van der Waals surface area contributed by atoms with Gasteiger partial charge in [-0.25, -0.2) is 0 Å². The number of carbonyl (C=O) groups is 1. The van der Waals surface area contributed by atoms with Crippen LogP contribution in [0.15, 0.2) is 12.1 Å². The van der Waals surface area contributed by atoms with Gasteiger partial charge >= 0.3 is 6.18 Å². The van der Waals surface area contributed by atoms with Crippen LogP contribution < -0.4 is 0 Å². The van der Waals surface area contributed by atoms with Crippen molar-refractivity contribution < 1.29 is 23.1 Å². The highest BCUT2D eigenvalue weighted by atomic mass is 19.4. The summed E-state index contributed by atoms with van der Waals surface area (Å²) in [6.07, 6.45) is -4.46. The summed E-state index contributed by atoms with van der Waals surface area (Å²) in [7, 11) is 0. The van der Waals surface area contributed by atoms with Crippen molar-refractivity contribution >= 4 is 6.29 Å². The fraction of sp³-hybridized carbons (Fsp3) is 0.417. The van der Waals surface area contributed by atoms with E-state index in [0.29, 0.717) is 5.56 Å². The molecule has 0 aliphatic rings. The minimum absolute atomic E-state index is 0.222. The van der Waals surface area contributed by atoms with Crippen molar-refractivity contribution in [2.24, 2.45) is 0 Å². The third kappa shape index (κ3) is 2.78. The van der Waals surface area contributed by atoms with Crippen molar-refractivity contribution in [3.63, 3.8) is 0 Å². The van der Waals surface area contributed by atoms with E-state index in [9.17, 15) is 23.1 Å². The molecular formula is C12H13F3O2. The zero-order valence-corrected chi connectivity index (χ0v) is 9.72. The summed E-state index contributed by atoms with van der Waals surface area (Å²) < 4.78 is 38.0. The molecule has 0 aliphatic carbocycles. The highest BCUT2D eigenvalue weighted by Crippen LogP contribution is 2.40. The van der Waals surface area contributed by atoms with Gasteiger partial charge in [0, 0.05) is 0 Å². The maximum absolute atomic E-state index is 12.7. The maximum atomic E-state index is 12.7. The van der Waals surface area contributed by atoms with E-state index in [1.165, 1.54) is 6.07 Å². The Morgan fingerprint density at radius 2 is 1.71 bits per heavy atom. The molecule has 0 saturated carbocycles. The number of halogens is 3. The van der Waals surface area contributed by atoms with E-state index in [0.717, 1.165) is 6.07 Å². The first-order valence-corrected chi connectivity index (χ1v) is 4.97. The summed E-state index contributed by atoms with van der Waals surface area (Å²) in [4.78, 5) is 10.7. The molecule has 0 unspecified atom stereocenters. The molecule has 1 aromatic carbocycles. The number of alkyl halides is 3. The van der Waals surface area contributed by atoms with Crippen LogP contribution in [0.5, 0.6) is 5.75 Å². The monoisotopic (exact) mass is 246 g/mol. The fourth-order valence-electron chi connectivity index (χ4n) is 1.40. The first kappa shape index (κ1) is 13.5. The summed E-state index contributed by atoms with van der Waals surface area (Å²) in [6, 6.07) is 2.15. The summed E-state index contributed by atoms with van der Waals surface area (Å²) in [5.74, 6) is -1.01. The molecule has 0 aromatic heterocycles. The topological polar surface area (TPSA) is 37.3 Å². The van der Waals surface area contributed by atoms with Gasteiger partial charge in [0.15, 0.2) is 6.29 Å². The SMILES string of the molecule is CC(C)(C)c1cc(C=O)c(O)c(C(F)(F)F)c1. The molecule has 0 heterocycles. The van der Waals surface area contributed by atoms with Crippen LogP contribution in [0.25, 0.3) is 0 Å². The second-order valence-electron chi connectivity index (χ2n) is 4.83. The lowest BCUT2D eigenvalue weighted by molar-refractivity contribution is -0.138. The van der Waals surface area contributed by atoms with Gasteiger partial charge in [0.05, 0.1) is 11.1 Å². The second kappa shape index (κ2) is 4.05. The number of hydrogen-bond donors (Lipinski definition) is 1. The number of carbonyl (C=O) groups excluding carboxylic acids is 1.